The van der Waals surface area contributed by atoms with Gasteiger partial charge in [0.2, 0.25) is 0 Å². The molecule has 3 N–H and O–H groups in total. The Labute approximate surface area is 274 Å². The Morgan fingerprint density at radius 1 is 0.979 bits per heavy atom. The zero-order valence-electron chi connectivity index (χ0n) is 25.6. The van der Waals surface area contributed by atoms with E-state index in [4.69, 9.17) is 15.2 Å². The number of halogens is 2. The van der Waals surface area contributed by atoms with Gasteiger partial charge in [-0.05, 0) is 49.9 Å². The maximum atomic E-state index is 14.3. The molecule has 47 heavy (non-hydrogen) atoms. The minimum Gasteiger partial charge on any atom is -0.508 e. The van der Waals surface area contributed by atoms with Gasteiger partial charge in [-0.3, -0.25) is 4.79 Å². The van der Waals surface area contributed by atoms with Gasteiger partial charge in [0.05, 0.1) is 10.8 Å². The number of anilines is 1. The average molecular weight is 656 g/mol. The number of amides is 1. The fourth-order valence-electron chi connectivity index (χ4n) is 6.07. The number of benzene rings is 3. The number of aromatic nitrogens is 4. The molecule has 6 aromatic rings. The monoisotopic (exact) mass is 655 g/mol. The Bertz CT molecular complexity index is 2170. The van der Waals surface area contributed by atoms with E-state index in [0.717, 1.165) is 24.7 Å². The zero-order valence-corrected chi connectivity index (χ0v) is 26.4. The minimum absolute atomic E-state index is 0. The van der Waals surface area contributed by atoms with E-state index in [1.807, 2.05) is 36.2 Å². The first-order valence-corrected chi connectivity index (χ1v) is 14.8. The van der Waals surface area contributed by atoms with E-state index < -0.39 is 17.5 Å². The number of nitrogen functional groups attached to an aromatic ring is 1. The van der Waals surface area contributed by atoms with Crippen molar-refractivity contribution in [3.63, 3.8) is 0 Å². The molecular formula is C34H31ClFN7O4. The van der Waals surface area contributed by atoms with Crippen LogP contribution in [0.4, 0.5) is 10.2 Å². The van der Waals surface area contributed by atoms with Crippen molar-refractivity contribution >= 4 is 45.9 Å². The van der Waals surface area contributed by atoms with E-state index in [0.29, 0.717) is 51.8 Å². The predicted molar refractivity (Wildman–Crippen MR) is 179 cm³/mol. The first-order valence-electron chi connectivity index (χ1n) is 14.8. The lowest BCUT2D eigenvalue weighted by Gasteiger charge is -2.32. The van der Waals surface area contributed by atoms with Crippen LogP contribution in [0.15, 0.2) is 82.3 Å². The Hall–Kier alpha value is -5.33. The highest BCUT2D eigenvalue weighted by Gasteiger charge is 2.27. The molecule has 3 aromatic carbocycles. The maximum absolute atomic E-state index is 14.3. The third-order valence-corrected chi connectivity index (χ3v) is 8.50. The van der Waals surface area contributed by atoms with Crippen LogP contribution in [0.5, 0.6) is 5.75 Å². The lowest BCUT2D eigenvalue weighted by Crippen LogP contribution is -2.47. The Kier molecular flexibility index (Phi) is 8.39. The van der Waals surface area contributed by atoms with Crippen LogP contribution in [0, 0.1) is 5.82 Å². The van der Waals surface area contributed by atoms with Crippen molar-refractivity contribution in [2.45, 2.75) is 13.0 Å². The molecule has 240 valence electrons. The number of piperazine rings is 1. The minimum atomic E-state index is -0.716. The molecule has 13 heteroatoms. The van der Waals surface area contributed by atoms with Gasteiger partial charge < -0.3 is 25.1 Å². The fraction of sp³-hybridized carbons (Fsp3) is 0.206. The molecule has 0 spiro atoms. The quantitative estimate of drug-likeness (QED) is 0.259. The standard InChI is InChI=1S/C34H30FN7O4.ClH/c1-19(42-32-28(31(36)37-18-38-32)29(39-42)22-15-23(35)17-24(43)16-22)30-27(25-5-3-4-6-26(25)34(45)46-30)20-7-9-21(10-8-20)33(44)41-13-11-40(2)12-14-41;/h3-10,15-19,43H,11-14H2,1-2H3,(H2,36,37,38);1H. The van der Waals surface area contributed by atoms with Crippen LogP contribution in [-0.2, 0) is 0 Å². The molecule has 11 nitrogen and oxygen atoms in total. The molecular weight excluding hydrogens is 625 g/mol. The molecule has 1 atom stereocenters. The molecule has 1 saturated heterocycles. The molecule has 1 aliphatic rings. The number of hydrogen-bond acceptors (Lipinski definition) is 9. The van der Waals surface area contributed by atoms with Crippen LogP contribution in [-0.4, -0.2) is 73.8 Å². The van der Waals surface area contributed by atoms with Crippen molar-refractivity contribution in [1.82, 2.24) is 29.5 Å². The lowest BCUT2D eigenvalue weighted by atomic mass is 9.95. The van der Waals surface area contributed by atoms with E-state index in [9.17, 15) is 19.1 Å². The number of carbonyl (C=O) groups is 1. The topological polar surface area (TPSA) is 144 Å². The SMILES string of the molecule is CC(c1oc(=O)c2ccccc2c1-c1ccc(C(=O)N2CCN(C)CC2)cc1)n1nc(-c2cc(O)cc(F)c2)c2c(N)ncnc21.Cl. The molecule has 0 saturated carbocycles. The van der Waals surface area contributed by atoms with Gasteiger partial charge in [-0.2, -0.15) is 5.10 Å². The van der Waals surface area contributed by atoms with Crippen molar-refractivity contribution in [2.24, 2.45) is 0 Å². The number of aromatic hydroxyl groups is 1. The molecule has 0 radical (unpaired) electrons. The third kappa shape index (κ3) is 5.66. The largest absolute Gasteiger partial charge is 0.508 e. The summed E-state index contributed by atoms with van der Waals surface area (Å²) in [6, 6.07) is 17.3. The van der Waals surface area contributed by atoms with E-state index in [-0.39, 0.29) is 41.1 Å². The number of nitrogens with two attached hydrogens (primary N) is 1. The number of likely N-dealkylation sites (N-methyl/N-ethyl adjacent to an activating group) is 1. The van der Waals surface area contributed by atoms with Crippen LogP contribution < -0.4 is 11.4 Å². The predicted octanol–water partition coefficient (Wildman–Crippen LogP) is 5.11. The molecule has 7 rings (SSSR count). The molecule has 1 unspecified atom stereocenters. The van der Waals surface area contributed by atoms with Crippen LogP contribution in [0.1, 0.15) is 29.1 Å². The molecule has 3 aromatic heterocycles. The van der Waals surface area contributed by atoms with Crippen molar-refractivity contribution in [2.75, 3.05) is 39.0 Å². The molecule has 0 aliphatic carbocycles. The Morgan fingerprint density at radius 3 is 2.38 bits per heavy atom. The van der Waals surface area contributed by atoms with Gasteiger partial charge >= 0.3 is 5.63 Å². The van der Waals surface area contributed by atoms with E-state index in [1.165, 1.54) is 18.5 Å². The Morgan fingerprint density at radius 2 is 1.68 bits per heavy atom. The highest BCUT2D eigenvalue weighted by Crippen LogP contribution is 2.39. The van der Waals surface area contributed by atoms with Gasteiger partial charge in [0, 0.05) is 54.3 Å². The van der Waals surface area contributed by atoms with Crippen molar-refractivity contribution < 1.29 is 18.7 Å². The van der Waals surface area contributed by atoms with Crippen LogP contribution in [0.25, 0.3) is 44.2 Å². The van der Waals surface area contributed by atoms with Crippen molar-refractivity contribution in [3.05, 3.63) is 101 Å². The summed E-state index contributed by atoms with van der Waals surface area (Å²) in [7, 11) is 2.04. The summed E-state index contributed by atoms with van der Waals surface area (Å²) in [5, 5.41) is 16.3. The average Bonchev–Trinajstić information content (AvgIpc) is 3.45. The normalized spacial score (nSPS) is 14.3. The Balaban J connectivity index is 0.00000386. The smallest absolute Gasteiger partial charge is 0.343 e. The van der Waals surface area contributed by atoms with E-state index >= 15 is 0 Å². The molecule has 4 heterocycles. The lowest BCUT2D eigenvalue weighted by molar-refractivity contribution is 0.0664. The second-order valence-corrected chi connectivity index (χ2v) is 11.5. The van der Waals surface area contributed by atoms with Gasteiger partial charge in [-0.1, -0.05) is 30.3 Å². The molecule has 0 bridgehead atoms. The maximum Gasteiger partial charge on any atom is 0.343 e. The number of phenols is 1. The van der Waals surface area contributed by atoms with Crippen molar-refractivity contribution in [3.8, 4) is 28.1 Å². The number of rotatable bonds is 5. The fourth-order valence-corrected chi connectivity index (χ4v) is 6.07. The van der Waals surface area contributed by atoms with Crippen molar-refractivity contribution in [1.29, 1.82) is 0 Å². The van der Waals surface area contributed by atoms with Gasteiger partial charge in [-0.15, -0.1) is 12.4 Å². The number of carbonyl (C=O) groups excluding carboxylic acids is 1. The number of phenolic OH excluding ortho intramolecular Hbond substituents is 1. The summed E-state index contributed by atoms with van der Waals surface area (Å²) in [5.74, 6) is -0.550. The van der Waals surface area contributed by atoms with Gasteiger partial charge in [-0.25, -0.2) is 23.8 Å². The molecule has 1 amide bonds. The highest BCUT2D eigenvalue weighted by molar-refractivity contribution is 6.00. The van der Waals surface area contributed by atoms with Crippen LogP contribution in [0.2, 0.25) is 0 Å². The van der Waals surface area contributed by atoms with Crippen LogP contribution >= 0.6 is 12.4 Å². The second kappa shape index (κ2) is 12.5. The number of hydrogen-bond donors (Lipinski definition) is 2. The summed E-state index contributed by atoms with van der Waals surface area (Å²) >= 11 is 0. The molecule has 1 aliphatic heterocycles. The first kappa shape index (κ1) is 31.6. The summed E-state index contributed by atoms with van der Waals surface area (Å²) in [4.78, 5) is 39.2. The zero-order chi connectivity index (χ0) is 32.1. The first-order chi connectivity index (χ1) is 22.2. The summed E-state index contributed by atoms with van der Waals surface area (Å²) < 4.78 is 21.9. The highest BCUT2D eigenvalue weighted by atomic mass is 35.5. The third-order valence-electron chi connectivity index (χ3n) is 8.50. The molecule has 1 fully saturated rings. The van der Waals surface area contributed by atoms with Gasteiger partial charge in [0.1, 0.15) is 41.2 Å². The second-order valence-electron chi connectivity index (χ2n) is 11.5. The van der Waals surface area contributed by atoms with E-state index in [1.54, 1.807) is 35.9 Å². The summed E-state index contributed by atoms with van der Waals surface area (Å²) in [6.07, 6.45) is 1.29. The number of fused-ring (bicyclic) bond motifs is 2. The van der Waals surface area contributed by atoms with E-state index in [2.05, 4.69) is 14.9 Å². The van der Waals surface area contributed by atoms with Gasteiger partial charge in [0.25, 0.3) is 5.91 Å². The summed E-state index contributed by atoms with van der Waals surface area (Å²) in [6.45, 7) is 4.77. The van der Waals surface area contributed by atoms with Crippen LogP contribution in [0.3, 0.4) is 0 Å². The number of nitrogens with zero attached hydrogens (tertiary/aromatic N) is 6. The van der Waals surface area contributed by atoms with Gasteiger partial charge in [0.15, 0.2) is 5.65 Å². The summed E-state index contributed by atoms with van der Waals surface area (Å²) in [5.41, 5.74) is 8.56.